The number of rotatable bonds is 4. The largest absolute Gasteiger partial charge is 0.503 e. The van der Waals surface area contributed by atoms with E-state index < -0.39 is 32.9 Å². The van der Waals surface area contributed by atoms with Gasteiger partial charge in [-0.05, 0) is 12.8 Å². The summed E-state index contributed by atoms with van der Waals surface area (Å²) in [5, 5.41) is 16.6. The van der Waals surface area contributed by atoms with Gasteiger partial charge in [0.05, 0.1) is 11.3 Å². The fraction of sp³-hybridized carbons (Fsp3) is 0.556. The smallest absolute Gasteiger partial charge is 0.332 e. The number of sulfonamides is 1. The highest BCUT2D eigenvalue weighted by molar-refractivity contribution is 7.90. The molecule has 0 aromatic rings. The molecule has 0 radical (unpaired) electrons. The van der Waals surface area contributed by atoms with Gasteiger partial charge in [-0.2, -0.15) is 0 Å². The van der Waals surface area contributed by atoms with Crippen LogP contribution >= 0.6 is 0 Å². The number of amides is 1. The summed E-state index contributed by atoms with van der Waals surface area (Å²) in [6.07, 6.45) is 2.71. The van der Waals surface area contributed by atoms with Crippen molar-refractivity contribution in [2.45, 2.75) is 30.9 Å². The minimum atomic E-state index is -3.83. The maximum Gasteiger partial charge on any atom is 0.332 e. The molecular formula is C9H13NO6S. The van der Waals surface area contributed by atoms with Crippen molar-refractivity contribution in [3.8, 4) is 0 Å². The molecule has 1 aliphatic rings. The van der Waals surface area contributed by atoms with Crippen molar-refractivity contribution in [1.82, 2.24) is 4.72 Å². The van der Waals surface area contributed by atoms with Crippen molar-refractivity contribution in [3.63, 3.8) is 0 Å². The van der Waals surface area contributed by atoms with Crippen LogP contribution < -0.4 is 4.72 Å². The van der Waals surface area contributed by atoms with Crippen LogP contribution in [0.4, 0.5) is 0 Å². The minimum Gasteiger partial charge on any atom is -0.503 e. The number of aliphatic carboxylic acids is 1. The van der Waals surface area contributed by atoms with E-state index in [0.29, 0.717) is 12.8 Å². The van der Waals surface area contributed by atoms with E-state index in [1.165, 1.54) is 0 Å². The molecule has 8 heteroatoms. The quantitative estimate of drug-likeness (QED) is 0.481. The van der Waals surface area contributed by atoms with Crippen LogP contribution in [0, 0.1) is 0 Å². The fourth-order valence-corrected chi connectivity index (χ4v) is 3.13. The zero-order chi connectivity index (χ0) is 13.1. The number of aliphatic hydroxyl groups is 1. The molecule has 0 atom stereocenters. The third-order valence-electron chi connectivity index (χ3n) is 2.47. The number of carbonyl (C=O) groups excluding carboxylic acids is 1. The summed E-state index contributed by atoms with van der Waals surface area (Å²) < 4.78 is 24.9. The number of carbonyl (C=O) groups is 2. The highest BCUT2D eigenvalue weighted by Crippen LogP contribution is 2.23. The normalized spacial score (nSPS) is 18.0. The van der Waals surface area contributed by atoms with Crippen LogP contribution in [0.1, 0.15) is 25.7 Å². The van der Waals surface area contributed by atoms with Crippen LogP contribution in [0.25, 0.3) is 0 Å². The Morgan fingerprint density at radius 3 is 2.18 bits per heavy atom. The zero-order valence-corrected chi connectivity index (χ0v) is 9.74. The fourth-order valence-electron chi connectivity index (χ4n) is 1.65. The lowest BCUT2D eigenvalue weighted by Gasteiger charge is -2.11. The first-order valence-electron chi connectivity index (χ1n) is 5.02. The summed E-state index contributed by atoms with van der Waals surface area (Å²) in [7, 11) is -3.83. The van der Waals surface area contributed by atoms with Gasteiger partial charge in [0, 0.05) is 0 Å². The molecule has 1 aliphatic carbocycles. The van der Waals surface area contributed by atoms with Gasteiger partial charge in [0.1, 0.15) is 0 Å². The molecule has 0 aromatic carbocycles. The Morgan fingerprint density at radius 1 is 1.18 bits per heavy atom. The summed E-state index contributed by atoms with van der Waals surface area (Å²) in [5.41, 5.74) is 0. The van der Waals surface area contributed by atoms with Crippen molar-refractivity contribution in [3.05, 3.63) is 11.8 Å². The lowest BCUT2D eigenvalue weighted by atomic mass is 10.4. The molecule has 1 amide bonds. The van der Waals surface area contributed by atoms with Gasteiger partial charge in [-0.1, -0.05) is 12.8 Å². The Kier molecular flexibility index (Phi) is 4.11. The van der Waals surface area contributed by atoms with E-state index in [0.717, 1.165) is 12.8 Å². The molecule has 0 spiro atoms. The van der Waals surface area contributed by atoms with Crippen molar-refractivity contribution < 1.29 is 28.2 Å². The first-order valence-corrected chi connectivity index (χ1v) is 6.57. The van der Waals surface area contributed by atoms with E-state index in [2.05, 4.69) is 0 Å². The molecule has 7 nitrogen and oxygen atoms in total. The molecule has 0 aromatic heterocycles. The summed E-state index contributed by atoms with van der Waals surface area (Å²) >= 11 is 0. The van der Waals surface area contributed by atoms with Crippen LogP contribution in [0.3, 0.4) is 0 Å². The van der Waals surface area contributed by atoms with Crippen LogP contribution in [0.5, 0.6) is 0 Å². The second-order valence-electron chi connectivity index (χ2n) is 3.75. The summed E-state index contributed by atoms with van der Waals surface area (Å²) in [4.78, 5) is 21.3. The maximum atomic E-state index is 11.6. The van der Waals surface area contributed by atoms with Gasteiger partial charge in [0.2, 0.25) is 10.0 Å². The summed E-state index contributed by atoms with van der Waals surface area (Å²) in [6, 6.07) is 0. The Morgan fingerprint density at radius 2 is 1.71 bits per heavy atom. The van der Waals surface area contributed by atoms with Gasteiger partial charge in [-0.3, -0.25) is 4.79 Å². The lowest BCUT2D eigenvalue weighted by molar-refractivity contribution is -0.132. The molecule has 0 heterocycles. The first-order chi connectivity index (χ1) is 7.83. The molecule has 17 heavy (non-hydrogen) atoms. The summed E-state index contributed by atoms with van der Waals surface area (Å²) in [5.74, 6) is -3.99. The zero-order valence-electron chi connectivity index (χ0n) is 8.92. The predicted molar refractivity (Wildman–Crippen MR) is 57.7 cm³/mol. The molecule has 0 bridgehead atoms. The second kappa shape index (κ2) is 5.17. The maximum absolute atomic E-state index is 11.6. The number of aliphatic hydroxyl groups excluding tert-OH is 1. The standard InChI is InChI=1S/C9H13NO6S/c11-7(5-8(12)13)9(14)10-17(15,16)6-3-1-2-4-6/h5-6,11H,1-4H2,(H,10,14)(H,12,13). The van der Waals surface area contributed by atoms with Gasteiger partial charge in [0.15, 0.2) is 5.76 Å². The Bertz CT molecular complexity index is 446. The molecule has 1 fully saturated rings. The average molecular weight is 263 g/mol. The third kappa shape index (κ3) is 3.74. The van der Waals surface area contributed by atoms with E-state index in [-0.39, 0.29) is 6.08 Å². The molecule has 96 valence electrons. The van der Waals surface area contributed by atoms with Crippen LogP contribution in [0.2, 0.25) is 0 Å². The second-order valence-corrected chi connectivity index (χ2v) is 5.71. The van der Waals surface area contributed by atoms with Crippen molar-refractivity contribution in [2.75, 3.05) is 0 Å². The lowest BCUT2D eigenvalue weighted by Crippen LogP contribution is -2.38. The molecular weight excluding hydrogens is 250 g/mol. The minimum absolute atomic E-state index is 0.236. The highest BCUT2D eigenvalue weighted by Gasteiger charge is 2.30. The van der Waals surface area contributed by atoms with Gasteiger partial charge < -0.3 is 10.2 Å². The van der Waals surface area contributed by atoms with Crippen LogP contribution in [0.15, 0.2) is 11.8 Å². The molecule has 0 aliphatic heterocycles. The molecule has 3 N–H and O–H groups in total. The highest BCUT2D eigenvalue weighted by atomic mass is 32.2. The number of nitrogens with one attached hydrogen (secondary N) is 1. The first kappa shape index (κ1) is 13.5. The number of hydrogen-bond acceptors (Lipinski definition) is 5. The van der Waals surface area contributed by atoms with Gasteiger partial charge in [-0.25, -0.2) is 17.9 Å². The monoisotopic (exact) mass is 263 g/mol. The number of carboxylic acids is 1. The predicted octanol–water partition coefficient (Wildman–Crippen LogP) is -0.0985. The Labute approximate surface area is 98.2 Å². The Hall–Kier alpha value is -1.57. The molecule has 1 rings (SSSR count). The van der Waals surface area contributed by atoms with Gasteiger partial charge in [-0.15, -0.1) is 0 Å². The van der Waals surface area contributed by atoms with E-state index >= 15 is 0 Å². The molecule has 0 unspecified atom stereocenters. The SMILES string of the molecule is O=C(O)C=C(O)C(=O)NS(=O)(=O)C1CCCC1. The summed E-state index contributed by atoms with van der Waals surface area (Å²) in [6.45, 7) is 0. The van der Waals surface area contributed by atoms with E-state index in [1.54, 1.807) is 4.72 Å². The number of carboxylic acid groups (broad SMARTS) is 1. The van der Waals surface area contributed by atoms with Crippen LogP contribution in [-0.4, -0.2) is 35.8 Å². The van der Waals surface area contributed by atoms with Gasteiger partial charge >= 0.3 is 5.97 Å². The van der Waals surface area contributed by atoms with E-state index in [1.807, 2.05) is 0 Å². The molecule has 1 saturated carbocycles. The van der Waals surface area contributed by atoms with Crippen molar-refractivity contribution in [2.24, 2.45) is 0 Å². The van der Waals surface area contributed by atoms with Gasteiger partial charge in [0.25, 0.3) is 5.91 Å². The van der Waals surface area contributed by atoms with Crippen molar-refractivity contribution >= 4 is 21.9 Å². The van der Waals surface area contributed by atoms with E-state index in [9.17, 15) is 18.0 Å². The third-order valence-corrected chi connectivity index (χ3v) is 4.29. The average Bonchev–Trinajstić information content (AvgIpc) is 2.68. The number of hydrogen-bond donors (Lipinski definition) is 3. The molecule has 0 saturated heterocycles. The Balaban J connectivity index is 2.71. The van der Waals surface area contributed by atoms with Crippen molar-refractivity contribution in [1.29, 1.82) is 0 Å². The van der Waals surface area contributed by atoms with Crippen LogP contribution in [-0.2, 0) is 19.6 Å². The van der Waals surface area contributed by atoms with E-state index in [4.69, 9.17) is 10.2 Å². The topological polar surface area (TPSA) is 121 Å².